The van der Waals surface area contributed by atoms with E-state index in [-0.39, 0.29) is 24.7 Å². The van der Waals surface area contributed by atoms with E-state index < -0.39 is 11.7 Å². The van der Waals surface area contributed by atoms with Crippen LogP contribution in [-0.4, -0.2) is 20.6 Å². The molecule has 0 amide bonds. The average Bonchev–Trinajstić information content (AvgIpc) is 2.88. The van der Waals surface area contributed by atoms with Crippen molar-refractivity contribution < 1.29 is 19.1 Å². The van der Waals surface area contributed by atoms with Crippen molar-refractivity contribution in [2.45, 2.75) is 32.9 Å². The number of aromatic nitrogens is 2. The summed E-state index contributed by atoms with van der Waals surface area (Å²) in [5.41, 5.74) is 2.50. The Morgan fingerprint density at radius 2 is 2.19 bits per heavy atom. The smallest absolute Gasteiger partial charge is 0.419 e. The van der Waals surface area contributed by atoms with E-state index in [1.165, 1.54) is 16.7 Å². The molecule has 0 bridgehead atoms. The maximum Gasteiger partial charge on any atom is 0.419 e. The zero-order valence-electron chi connectivity index (χ0n) is 14.2. The number of ether oxygens (including phenoxy) is 1. The van der Waals surface area contributed by atoms with E-state index in [0.717, 1.165) is 11.3 Å². The van der Waals surface area contributed by atoms with Crippen LogP contribution in [0.15, 0.2) is 39.7 Å². The van der Waals surface area contributed by atoms with E-state index in [1.807, 2.05) is 26.0 Å². The van der Waals surface area contributed by atoms with Crippen molar-refractivity contribution in [1.29, 1.82) is 0 Å². The number of oxazole rings is 1. The number of carbonyl (C=O) groups is 1. The van der Waals surface area contributed by atoms with Crippen molar-refractivity contribution in [3.05, 3.63) is 57.3 Å². The second-order valence-corrected chi connectivity index (χ2v) is 6.34. The molecule has 0 fully saturated rings. The number of carboxylic acid groups (broad SMARTS) is 1. The van der Waals surface area contributed by atoms with Crippen molar-refractivity contribution in [1.82, 2.24) is 9.55 Å². The fourth-order valence-electron chi connectivity index (χ4n) is 2.54. The van der Waals surface area contributed by atoms with Gasteiger partial charge >= 0.3 is 11.7 Å². The second kappa shape index (κ2) is 7.21. The van der Waals surface area contributed by atoms with Gasteiger partial charge in [-0.05, 0) is 31.5 Å². The molecule has 0 aliphatic heterocycles. The van der Waals surface area contributed by atoms with Crippen LogP contribution >= 0.6 is 11.6 Å². The first kappa shape index (κ1) is 18.0. The standard InChI is InChI=1S/C18H17ClN2O5/c1-10-3-4-13(20-9-10)11(2)25-15-8-16-14(7-12(15)19)21(18(24)26-16)6-5-17(22)23/h3-4,7-9,11H,5-6H2,1-2H3,(H,22,23)/t11-/m1/s1. The van der Waals surface area contributed by atoms with Crippen LogP contribution in [0.1, 0.15) is 30.7 Å². The van der Waals surface area contributed by atoms with Gasteiger partial charge in [-0.2, -0.15) is 0 Å². The molecule has 1 N–H and O–H groups in total. The Morgan fingerprint density at radius 1 is 1.42 bits per heavy atom. The van der Waals surface area contributed by atoms with Crippen LogP contribution < -0.4 is 10.5 Å². The summed E-state index contributed by atoms with van der Waals surface area (Å²) in [5.74, 6) is -1.28. The SMILES string of the molecule is Cc1ccc([C@@H](C)Oc2cc3oc(=O)n(CCC(=O)O)c3cc2Cl)nc1. The highest BCUT2D eigenvalue weighted by Crippen LogP contribution is 2.32. The number of aliphatic carboxylic acids is 1. The normalized spacial score (nSPS) is 12.3. The molecule has 2 aromatic heterocycles. The zero-order chi connectivity index (χ0) is 18.8. The molecule has 0 spiro atoms. The molecule has 3 rings (SSSR count). The summed E-state index contributed by atoms with van der Waals surface area (Å²) in [6.07, 6.45) is 1.20. The number of halogens is 1. The molecule has 3 aromatic rings. The van der Waals surface area contributed by atoms with E-state index >= 15 is 0 Å². The van der Waals surface area contributed by atoms with E-state index in [0.29, 0.717) is 16.3 Å². The third kappa shape index (κ3) is 3.72. The van der Waals surface area contributed by atoms with E-state index in [2.05, 4.69) is 4.98 Å². The number of hydrogen-bond donors (Lipinski definition) is 1. The quantitative estimate of drug-likeness (QED) is 0.706. The molecule has 1 aromatic carbocycles. The van der Waals surface area contributed by atoms with Crippen LogP contribution in [0, 0.1) is 6.92 Å². The van der Waals surface area contributed by atoms with Crippen LogP contribution in [0.5, 0.6) is 5.75 Å². The van der Waals surface area contributed by atoms with Gasteiger partial charge in [0, 0.05) is 18.8 Å². The first-order chi connectivity index (χ1) is 12.3. The Labute approximate surface area is 153 Å². The molecular formula is C18H17ClN2O5. The summed E-state index contributed by atoms with van der Waals surface area (Å²) in [6, 6.07) is 6.87. The molecule has 8 heteroatoms. The van der Waals surface area contributed by atoms with E-state index in [4.69, 9.17) is 25.9 Å². The molecule has 7 nitrogen and oxygen atoms in total. The highest BCUT2D eigenvalue weighted by Gasteiger charge is 2.17. The topological polar surface area (TPSA) is 94.6 Å². The molecule has 0 unspecified atom stereocenters. The fourth-order valence-corrected chi connectivity index (χ4v) is 2.75. The van der Waals surface area contributed by atoms with Gasteiger partial charge in [0.2, 0.25) is 0 Å². The summed E-state index contributed by atoms with van der Waals surface area (Å²) >= 11 is 6.29. The minimum absolute atomic E-state index is 0.00138. The van der Waals surface area contributed by atoms with Gasteiger partial charge in [-0.15, -0.1) is 0 Å². The first-order valence-corrected chi connectivity index (χ1v) is 8.37. The summed E-state index contributed by atoms with van der Waals surface area (Å²) in [4.78, 5) is 27.0. The number of carboxylic acids is 1. The van der Waals surface area contributed by atoms with Gasteiger partial charge in [0.1, 0.15) is 11.9 Å². The van der Waals surface area contributed by atoms with Crippen molar-refractivity contribution >= 4 is 28.7 Å². The number of rotatable bonds is 6. The van der Waals surface area contributed by atoms with Gasteiger partial charge in [0.05, 0.1) is 22.7 Å². The molecule has 0 aliphatic carbocycles. The van der Waals surface area contributed by atoms with Crippen LogP contribution in [0.25, 0.3) is 11.1 Å². The molecule has 0 saturated heterocycles. The van der Waals surface area contributed by atoms with Gasteiger partial charge in [-0.3, -0.25) is 14.3 Å². The number of hydrogen-bond acceptors (Lipinski definition) is 5. The van der Waals surface area contributed by atoms with Crippen molar-refractivity contribution in [2.24, 2.45) is 0 Å². The Hall–Kier alpha value is -2.80. The van der Waals surface area contributed by atoms with Gasteiger partial charge in [-0.1, -0.05) is 17.7 Å². The lowest BCUT2D eigenvalue weighted by Crippen LogP contribution is -2.16. The minimum atomic E-state index is -1.00. The Bertz CT molecular complexity index is 1010. The molecule has 0 saturated carbocycles. The Balaban J connectivity index is 1.90. The first-order valence-electron chi connectivity index (χ1n) is 7.99. The van der Waals surface area contributed by atoms with Gasteiger partial charge in [0.25, 0.3) is 0 Å². The van der Waals surface area contributed by atoms with Gasteiger partial charge < -0.3 is 14.3 Å². The predicted molar refractivity (Wildman–Crippen MR) is 95.8 cm³/mol. The molecule has 1 atom stereocenters. The number of aryl methyl sites for hydroxylation is 2. The molecule has 2 heterocycles. The maximum atomic E-state index is 12.0. The van der Waals surface area contributed by atoms with Crippen molar-refractivity contribution in [3.8, 4) is 5.75 Å². The minimum Gasteiger partial charge on any atom is -0.483 e. The highest BCUT2D eigenvalue weighted by atomic mass is 35.5. The lowest BCUT2D eigenvalue weighted by molar-refractivity contribution is -0.137. The van der Waals surface area contributed by atoms with Crippen molar-refractivity contribution in [2.75, 3.05) is 0 Å². The van der Waals surface area contributed by atoms with Crippen LogP contribution in [0.4, 0.5) is 0 Å². The predicted octanol–water partition coefficient (Wildman–Crippen LogP) is 3.57. The van der Waals surface area contributed by atoms with Gasteiger partial charge in [0.15, 0.2) is 5.58 Å². The lowest BCUT2D eigenvalue weighted by atomic mass is 10.2. The monoisotopic (exact) mass is 376 g/mol. The van der Waals surface area contributed by atoms with Crippen LogP contribution in [-0.2, 0) is 11.3 Å². The summed E-state index contributed by atoms with van der Waals surface area (Å²) < 4.78 is 12.3. The fraction of sp³-hybridized carbons (Fsp3) is 0.278. The van der Waals surface area contributed by atoms with Crippen LogP contribution in [0.3, 0.4) is 0 Å². The van der Waals surface area contributed by atoms with Crippen LogP contribution in [0.2, 0.25) is 5.02 Å². The third-order valence-corrected chi connectivity index (χ3v) is 4.22. The molecule has 0 radical (unpaired) electrons. The average molecular weight is 377 g/mol. The zero-order valence-corrected chi connectivity index (χ0v) is 15.0. The summed E-state index contributed by atoms with van der Waals surface area (Å²) in [6.45, 7) is 3.79. The van der Waals surface area contributed by atoms with E-state index in [1.54, 1.807) is 6.20 Å². The number of pyridine rings is 1. The Morgan fingerprint density at radius 3 is 2.85 bits per heavy atom. The molecular weight excluding hydrogens is 360 g/mol. The van der Waals surface area contributed by atoms with Gasteiger partial charge in [-0.25, -0.2) is 4.79 Å². The van der Waals surface area contributed by atoms with Crippen molar-refractivity contribution in [3.63, 3.8) is 0 Å². The maximum absolute atomic E-state index is 12.0. The lowest BCUT2D eigenvalue weighted by Gasteiger charge is -2.15. The van der Waals surface area contributed by atoms with E-state index in [9.17, 15) is 9.59 Å². The highest BCUT2D eigenvalue weighted by molar-refractivity contribution is 6.32. The largest absolute Gasteiger partial charge is 0.483 e. The number of fused-ring (bicyclic) bond motifs is 1. The summed E-state index contributed by atoms with van der Waals surface area (Å²) in [5, 5.41) is 9.09. The number of benzene rings is 1. The third-order valence-electron chi connectivity index (χ3n) is 3.93. The Kier molecular flexibility index (Phi) is 4.99. The second-order valence-electron chi connectivity index (χ2n) is 5.93. The molecule has 26 heavy (non-hydrogen) atoms. The number of nitrogens with zero attached hydrogens (tertiary/aromatic N) is 2. The summed E-state index contributed by atoms with van der Waals surface area (Å²) in [7, 11) is 0. The molecule has 0 aliphatic rings. The molecule has 136 valence electrons.